The van der Waals surface area contributed by atoms with Crippen molar-refractivity contribution < 1.29 is 14.3 Å². The predicted octanol–water partition coefficient (Wildman–Crippen LogP) is 7.10. The van der Waals surface area contributed by atoms with Crippen LogP contribution in [0.1, 0.15) is 89.4 Å². The monoisotopic (exact) mass is 442 g/mol. The molecule has 4 heteroatoms. The van der Waals surface area contributed by atoms with E-state index in [0.717, 1.165) is 27.7 Å². The minimum atomic E-state index is -0.372. The molecule has 0 aliphatic heterocycles. The second kappa shape index (κ2) is 8.94. The Morgan fingerprint density at radius 1 is 0.774 bits per heavy atom. The number of ether oxygens (including phenoxy) is 2. The molecule has 0 amide bonds. The molecule has 0 fully saturated rings. The van der Waals surface area contributed by atoms with Crippen LogP contribution in [-0.2, 0) is 5.41 Å². The predicted molar refractivity (Wildman–Crippen MR) is 134 cm³/mol. The fraction of sp³-hybridized carbons (Fsp3) is 0.519. The number of aryl methyl sites for hydroxylation is 2. The lowest BCUT2D eigenvalue weighted by Crippen LogP contribution is -2.26. The third-order valence-corrected chi connectivity index (χ3v) is 5.83. The summed E-state index contributed by atoms with van der Waals surface area (Å²) in [6.07, 6.45) is 0. The van der Waals surface area contributed by atoms with Crippen LogP contribution in [0.4, 0.5) is 0 Å². The molecule has 3 nitrogen and oxygen atoms in total. The van der Waals surface area contributed by atoms with E-state index in [4.69, 9.17) is 9.47 Å². The molecule has 0 aromatic heterocycles. The van der Waals surface area contributed by atoms with Crippen molar-refractivity contribution in [2.45, 2.75) is 92.8 Å². The van der Waals surface area contributed by atoms with Gasteiger partial charge < -0.3 is 9.47 Å². The average molecular weight is 443 g/mol. The number of carbonyl (C=O) groups excluding carboxylic acids is 1. The van der Waals surface area contributed by atoms with Gasteiger partial charge in [0, 0.05) is 16.9 Å². The minimum Gasteiger partial charge on any atom is -0.488 e. The van der Waals surface area contributed by atoms with Gasteiger partial charge in [0.25, 0.3) is 0 Å². The van der Waals surface area contributed by atoms with Gasteiger partial charge in [-0.05, 0) is 98.2 Å². The first kappa shape index (κ1) is 25.4. The molecule has 2 aromatic rings. The summed E-state index contributed by atoms with van der Waals surface area (Å²) < 4.78 is 12.2. The van der Waals surface area contributed by atoms with Crippen molar-refractivity contribution in [2.24, 2.45) is 0 Å². The molecule has 2 rings (SSSR count). The fourth-order valence-electron chi connectivity index (χ4n) is 3.38. The molecule has 0 spiro atoms. The Labute approximate surface area is 190 Å². The summed E-state index contributed by atoms with van der Waals surface area (Å²) in [7, 11) is -0.0184. The van der Waals surface area contributed by atoms with Crippen LogP contribution in [0.5, 0.6) is 11.5 Å². The molecule has 1 atom stereocenters. The minimum absolute atomic E-state index is 0.0184. The molecule has 31 heavy (non-hydrogen) atoms. The maximum atomic E-state index is 13.4. The van der Waals surface area contributed by atoms with E-state index in [2.05, 4.69) is 32.9 Å². The van der Waals surface area contributed by atoms with Crippen LogP contribution in [0.2, 0.25) is 0 Å². The zero-order chi connectivity index (χ0) is 23.8. The van der Waals surface area contributed by atoms with E-state index in [1.54, 1.807) is 0 Å². The largest absolute Gasteiger partial charge is 0.488 e. The van der Waals surface area contributed by atoms with Crippen molar-refractivity contribution in [1.29, 1.82) is 0 Å². The topological polar surface area (TPSA) is 35.5 Å². The Morgan fingerprint density at radius 2 is 1.29 bits per heavy atom. The van der Waals surface area contributed by atoms with Gasteiger partial charge in [-0.15, -0.1) is 0 Å². The Kier molecular flexibility index (Phi) is 7.33. The molecular weight excluding hydrogens is 403 g/mol. The summed E-state index contributed by atoms with van der Waals surface area (Å²) >= 11 is 0. The number of hydrogen-bond acceptors (Lipinski definition) is 3. The van der Waals surface area contributed by atoms with Gasteiger partial charge in [0.2, 0.25) is 0 Å². The first-order chi connectivity index (χ1) is 14.0. The van der Waals surface area contributed by atoms with E-state index in [-0.39, 0.29) is 30.7 Å². The summed E-state index contributed by atoms with van der Waals surface area (Å²) in [4.78, 5) is 13.4. The quantitative estimate of drug-likeness (QED) is 0.463. The summed E-state index contributed by atoms with van der Waals surface area (Å²) in [6, 6.07) is 10.1. The number of hydrogen-bond donors (Lipinski definition) is 0. The average Bonchev–Trinajstić information content (AvgIpc) is 2.52. The number of benzene rings is 2. The van der Waals surface area contributed by atoms with Crippen LogP contribution in [0.3, 0.4) is 0 Å². The smallest absolute Gasteiger partial charge is 0.186 e. The Balaban J connectivity index is 2.42. The van der Waals surface area contributed by atoms with Crippen LogP contribution in [-0.4, -0.2) is 16.7 Å². The highest BCUT2D eigenvalue weighted by Crippen LogP contribution is 2.34. The second-order valence-corrected chi connectivity index (χ2v) is 12.5. The highest BCUT2D eigenvalue weighted by molar-refractivity contribution is 7.66. The summed E-state index contributed by atoms with van der Waals surface area (Å²) in [6.45, 7) is 22.7. The van der Waals surface area contributed by atoms with Gasteiger partial charge in [0.1, 0.15) is 22.7 Å². The molecule has 1 unspecified atom stereocenters. The Morgan fingerprint density at radius 3 is 1.74 bits per heavy atom. The first-order valence-electron chi connectivity index (χ1n) is 10.9. The fourth-order valence-corrected chi connectivity index (χ4v) is 4.55. The van der Waals surface area contributed by atoms with E-state index in [0.29, 0.717) is 5.75 Å². The third kappa shape index (κ3) is 7.35. The molecule has 0 heterocycles. The third-order valence-electron chi connectivity index (χ3n) is 4.67. The zero-order valence-corrected chi connectivity index (χ0v) is 22.1. The normalized spacial score (nSPS) is 13.0. The lowest BCUT2D eigenvalue weighted by molar-refractivity contribution is 0.108. The summed E-state index contributed by atoms with van der Waals surface area (Å²) in [5.74, 6) is 1.46. The number of rotatable bonds is 5. The van der Waals surface area contributed by atoms with Gasteiger partial charge in [-0.3, -0.25) is 4.79 Å². The van der Waals surface area contributed by atoms with Gasteiger partial charge in [-0.1, -0.05) is 32.9 Å². The molecule has 0 radical (unpaired) electrons. The molecule has 0 aliphatic carbocycles. The van der Waals surface area contributed by atoms with Crippen LogP contribution in [0.25, 0.3) is 0 Å². The molecule has 0 saturated carbocycles. The van der Waals surface area contributed by atoms with Gasteiger partial charge in [0.15, 0.2) is 5.52 Å². The molecule has 170 valence electrons. The standard InChI is InChI=1S/C27H39O3P/c1-17-14-19(25(3,4)5)15-18(2)23(17)24(28)31-22-13-12-20(29-26(6,7)8)16-21(22)30-27(9,10)11/h12-16,31H,1-11H3. The Bertz CT molecular complexity index is 931. The van der Waals surface area contributed by atoms with Crippen LogP contribution in [0.15, 0.2) is 30.3 Å². The van der Waals surface area contributed by atoms with Gasteiger partial charge in [-0.25, -0.2) is 0 Å². The van der Waals surface area contributed by atoms with E-state index in [1.165, 1.54) is 5.56 Å². The highest BCUT2D eigenvalue weighted by Gasteiger charge is 2.23. The SMILES string of the molecule is Cc1cc(C(C)(C)C)cc(C)c1C(=O)Pc1ccc(OC(C)(C)C)cc1OC(C)(C)C. The molecule has 0 bridgehead atoms. The van der Waals surface area contributed by atoms with Gasteiger partial charge in [0.05, 0.1) is 0 Å². The van der Waals surface area contributed by atoms with Crippen LogP contribution < -0.4 is 14.8 Å². The van der Waals surface area contributed by atoms with Crippen molar-refractivity contribution in [3.05, 3.63) is 52.6 Å². The molecular formula is C27H39O3P. The summed E-state index contributed by atoms with van der Waals surface area (Å²) in [5, 5.41) is 0.903. The van der Waals surface area contributed by atoms with Gasteiger partial charge >= 0.3 is 0 Å². The van der Waals surface area contributed by atoms with Gasteiger partial charge in [-0.2, -0.15) is 0 Å². The van der Waals surface area contributed by atoms with Crippen LogP contribution >= 0.6 is 8.58 Å². The molecule has 0 aliphatic rings. The molecule has 2 aromatic carbocycles. The molecule has 0 N–H and O–H groups in total. The first-order valence-corrected chi connectivity index (χ1v) is 11.9. The highest BCUT2D eigenvalue weighted by atomic mass is 31.1. The molecule has 0 saturated heterocycles. The van der Waals surface area contributed by atoms with Crippen molar-refractivity contribution in [1.82, 2.24) is 0 Å². The van der Waals surface area contributed by atoms with Crippen molar-refractivity contribution in [3.8, 4) is 11.5 Å². The van der Waals surface area contributed by atoms with Crippen LogP contribution in [0, 0.1) is 13.8 Å². The van der Waals surface area contributed by atoms with Crippen molar-refractivity contribution in [2.75, 3.05) is 0 Å². The zero-order valence-electron chi connectivity index (χ0n) is 21.1. The van der Waals surface area contributed by atoms with E-state index in [1.807, 2.05) is 73.6 Å². The second-order valence-electron chi connectivity index (χ2n) is 11.3. The number of carbonyl (C=O) groups is 1. The van der Waals surface area contributed by atoms with E-state index in [9.17, 15) is 4.79 Å². The lowest BCUT2D eigenvalue weighted by atomic mass is 9.84. The van der Waals surface area contributed by atoms with Crippen molar-refractivity contribution >= 4 is 19.4 Å². The van der Waals surface area contributed by atoms with E-state index < -0.39 is 0 Å². The van der Waals surface area contributed by atoms with Crippen molar-refractivity contribution in [3.63, 3.8) is 0 Å². The Hall–Kier alpha value is -1.86. The van der Waals surface area contributed by atoms with E-state index >= 15 is 0 Å². The summed E-state index contributed by atoms with van der Waals surface area (Å²) in [5.41, 5.74) is 3.66. The maximum absolute atomic E-state index is 13.4. The lowest BCUT2D eigenvalue weighted by Gasteiger charge is -2.26. The maximum Gasteiger partial charge on any atom is 0.186 e.